The molecule has 3 fully saturated rings. The van der Waals surface area contributed by atoms with Crippen molar-refractivity contribution in [3.63, 3.8) is 0 Å². The third-order valence-electron chi connectivity index (χ3n) is 5.74. The second-order valence-corrected chi connectivity index (χ2v) is 7.49. The molecule has 1 aromatic rings. The molecule has 3 aliphatic rings. The molecule has 0 unspecified atom stereocenters. The predicted molar refractivity (Wildman–Crippen MR) is 98.7 cm³/mol. The van der Waals surface area contributed by atoms with Crippen molar-refractivity contribution in [1.29, 1.82) is 0 Å². The number of fused-ring (bicyclic) bond motifs is 1. The van der Waals surface area contributed by atoms with E-state index in [0.717, 1.165) is 24.0 Å². The van der Waals surface area contributed by atoms with E-state index in [9.17, 15) is 14.7 Å². The van der Waals surface area contributed by atoms with E-state index in [1.165, 1.54) is 0 Å². The summed E-state index contributed by atoms with van der Waals surface area (Å²) in [6, 6.07) is 7.64. The van der Waals surface area contributed by atoms with Gasteiger partial charge in [0, 0.05) is 31.1 Å². The van der Waals surface area contributed by atoms with Gasteiger partial charge in [0.05, 0.1) is 25.2 Å². The Kier molecular flexibility index (Phi) is 4.90. The first-order chi connectivity index (χ1) is 13.1. The Hall–Kier alpha value is -2.36. The van der Waals surface area contributed by atoms with E-state index in [4.69, 9.17) is 4.74 Å². The van der Waals surface area contributed by atoms with Crippen molar-refractivity contribution in [2.45, 2.75) is 30.8 Å². The molecule has 1 aliphatic carbocycles. The van der Waals surface area contributed by atoms with Crippen LogP contribution in [0.3, 0.4) is 0 Å². The number of rotatable bonds is 4. The number of hydrogen-bond acceptors (Lipinski definition) is 4. The SMILES string of the molecule is COCC#Cc1ccc([C@@H]2[C@@H](CO)N3C(=O)CN(C(=O)C4CC4)C[C@@H]23)cc1. The van der Waals surface area contributed by atoms with Crippen LogP contribution in [-0.2, 0) is 14.3 Å². The Morgan fingerprint density at radius 1 is 1.30 bits per heavy atom. The first kappa shape index (κ1) is 18.0. The molecule has 0 bridgehead atoms. The lowest BCUT2D eigenvalue weighted by atomic mass is 9.73. The summed E-state index contributed by atoms with van der Waals surface area (Å²) in [7, 11) is 1.61. The Balaban J connectivity index is 1.52. The number of carbonyl (C=O) groups excluding carboxylic acids is 2. The van der Waals surface area contributed by atoms with Crippen LogP contribution >= 0.6 is 0 Å². The highest BCUT2D eigenvalue weighted by Gasteiger charge is 2.55. The van der Waals surface area contributed by atoms with Gasteiger partial charge >= 0.3 is 0 Å². The average molecular weight is 368 g/mol. The predicted octanol–water partition coefficient (Wildman–Crippen LogP) is 0.592. The second-order valence-electron chi connectivity index (χ2n) is 7.49. The molecule has 2 heterocycles. The van der Waals surface area contributed by atoms with E-state index < -0.39 is 0 Å². The number of ether oxygens (including phenoxy) is 1. The van der Waals surface area contributed by atoms with Crippen molar-refractivity contribution in [2.75, 3.05) is 33.4 Å². The summed E-state index contributed by atoms with van der Waals surface area (Å²) in [5.41, 5.74) is 1.97. The van der Waals surface area contributed by atoms with E-state index in [2.05, 4.69) is 11.8 Å². The molecule has 4 rings (SSSR count). The maximum Gasteiger partial charge on any atom is 0.242 e. The van der Waals surface area contributed by atoms with Gasteiger partial charge < -0.3 is 19.6 Å². The number of aliphatic hydroxyl groups is 1. The summed E-state index contributed by atoms with van der Waals surface area (Å²) in [6.07, 6.45) is 1.87. The molecular formula is C21H24N2O4. The largest absolute Gasteiger partial charge is 0.394 e. The second kappa shape index (κ2) is 7.34. The van der Waals surface area contributed by atoms with E-state index >= 15 is 0 Å². The van der Waals surface area contributed by atoms with Crippen LogP contribution in [-0.4, -0.2) is 72.2 Å². The summed E-state index contributed by atoms with van der Waals surface area (Å²) >= 11 is 0. The van der Waals surface area contributed by atoms with Crippen LogP contribution in [0.2, 0.25) is 0 Å². The molecule has 2 amide bonds. The number of carbonyl (C=O) groups is 2. The summed E-state index contributed by atoms with van der Waals surface area (Å²) < 4.78 is 4.93. The van der Waals surface area contributed by atoms with Gasteiger partial charge in [0.15, 0.2) is 0 Å². The highest BCUT2D eigenvalue weighted by molar-refractivity contribution is 5.89. The van der Waals surface area contributed by atoms with Gasteiger partial charge in [-0.3, -0.25) is 9.59 Å². The molecule has 1 aromatic carbocycles. The van der Waals surface area contributed by atoms with Gasteiger partial charge in [0.25, 0.3) is 0 Å². The first-order valence-electron chi connectivity index (χ1n) is 9.42. The number of aliphatic hydroxyl groups excluding tert-OH is 1. The molecule has 6 heteroatoms. The monoisotopic (exact) mass is 368 g/mol. The van der Waals surface area contributed by atoms with Crippen LogP contribution in [0.1, 0.15) is 29.9 Å². The fourth-order valence-electron chi connectivity index (χ4n) is 4.25. The standard InChI is InChI=1S/C21H24N2O4/c1-27-10-2-3-14-4-6-15(7-5-14)20-17-11-22(21(26)16-8-9-16)12-19(25)23(17)18(20)13-24/h4-7,16-18,20,24H,8-13H2,1H3/t17-,18+,20-/m0/s1. The van der Waals surface area contributed by atoms with E-state index in [0.29, 0.717) is 13.2 Å². The number of amides is 2. The number of piperazine rings is 1. The van der Waals surface area contributed by atoms with Gasteiger partial charge in [-0.15, -0.1) is 0 Å². The smallest absolute Gasteiger partial charge is 0.242 e. The van der Waals surface area contributed by atoms with Gasteiger partial charge in [0.1, 0.15) is 6.61 Å². The summed E-state index contributed by atoms with van der Waals surface area (Å²) in [6.45, 7) is 1.01. The molecule has 27 heavy (non-hydrogen) atoms. The van der Waals surface area contributed by atoms with Crippen LogP contribution in [0.25, 0.3) is 0 Å². The minimum Gasteiger partial charge on any atom is -0.394 e. The Bertz CT molecular complexity index is 791. The van der Waals surface area contributed by atoms with Crippen molar-refractivity contribution in [3.05, 3.63) is 35.4 Å². The number of nitrogens with zero attached hydrogens (tertiary/aromatic N) is 2. The molecule has 142 valence electrons. The third-order valence-corrected chi connectivity index (χ3v) is 5.74. The number of benzene rings is 1. The molecule has 0 radical (unpaired) electrons. The lowest BCUT2D eigenvalue weighted by molar-refractivity contribution is -0.167. The summed E-state index contributed by atoms with van der Waals surface area (Å²) in [5, 5.41) is 9.83. The molecular weight excluding hydrogens is 344 g/mol. The number of hydrogen-bond donors (Lipinski definition) is 1. The molecule has 2 saturated heterocycles. The van der Waals surface area contributed by atoms with Gasteiger partial charge in [0.2, 0.25) is 11.8 Å². The lowest BCUT2D eigenvalue weighted by Gasteiger charge is -2.58. The molecule has 1 saturated carbocycles. The fraction of sp³-hybridized carbons (Fsp3) is 0.524. The zero-order valence-corrected chi connectivity index (χ0v) is 15.4. The zero-order chi connectivity index (χ0) is 19.0. The minimum atomic E-state index is -0.217. The van der Waals surface area contributed by atoms with Crippen LogP contribution in [0.4, 0.5) is 0 Å². The summed E-state index contributed by atoms with van der Waals surface area (Å²) in [4.78, 5) is 28.5. The normalized spacial score (nSPS) is 26.7. The maximum atomic E-state index is 12.6. The molecule has 0 aromatic heterocycles. The lowest BCUT2D eigenvalue weighted by Crippen LogP contribution is -2.73. The van der Waals surface area contributed by atoms with Gasteiger partial charge in [-0.05, 0) is 30.5 Å². The molecule has 6 nitrogen and oxygen atoms in total. The van der Waals surface area contributed by atoms with E-state index in [1.807, 2.05) is 24.3 Å². The summed E-state index contributed by atoms with van der Waals surface area (Å²) in [5.74, 6) is 6.16. The van der Waals surface area contributed by atoms with Crippen LogP contribution < -0.4 is 0 Å². The van der Waals surface area contributed by atoms with Crippen molar-refractivity contribution in [2.24, 2.45) is 5.92 Å². The van der Waals surface area contributed by atoms with E-state index in [1.54, 1.807) is 16.9 Å². The number of methoxy groups -OCH3 is 1. The van der Waals surface area contributed by atoms with Crippen LogP contribution in [0.15, 0.2) is 24.3 Å². The molecule has 2 aliphatic heterocycles. The zero-order valence-electron chi connectivity index (χ0n) is 15.4. The van der Waals surface area contributed by atoms with Crippen molar-refractivity contribution >= 4 is 11.8 Å². The quantitative estimate of drug-likeness (QED) is 0.790. The third kappa shape index (κ3) is 3.33. The van der Waals surface area contributed by atoms with E-state index in [-0.39, 0.29) is 48.9 Å². The Morgan fingerprint density at radius 2 is 2.04 bits per heavy atom. The Morgan fingerprint density at radius 3 is 2.67 bits per heavy atom. The highest BCUT2D eigenvalue weighted by Crippen LogP contribution is 2.43. The van der Waals surface area contributed by atoms with Gasteiger partial charge in [-0.1, -0.05) is 24.0 Å². The Labute approximate surface area is 159 Å². The highest BCUT2D eigenvalue weighted by atomic mass is 16.5. The van der Waals surface area contributed by atoms with Gasteiger partial charge in [-0.2, -0.15) is 0 Å². The molecule has 0 spiro atoms. The van der Waals surface area contributed by atoms with Crippen molar-refractivity contribution in [3.8, 4) is 11.8 Å². The fourth-order valence-corrected chi connectivity index (χ4v) is 4.25. The minimum absolute atomic E-state index is 0.0368. The molecule has 1 N–H and O–H groups in total. The van der Waals surface area contributed by atoms with Crippen LogP contribution in [0.5, 0.6) is 0 Å². The average Bonchev–Trinajstić information content (AvgIpc) is 3.49. The van der Waals surface area contributed by atoms with Crippen molar-refractivity contribution in [1.82, 2.24) is 9.80 Å². The van der Waals surface area contributed by atoms with Crippen LogP contribution in [0, 0.1) is 17.8 Å². The first-order valence-corrected chi connectivity index (χ1v) is 9.42. The van der Waals surface area contributed by atoms with Crippen molar-refractivity contribution < 1.29 is 19.4 Å². The maximum absolute atomic E-state index is 12.6. The topological polar surface area (TPSA) is 70.1 Å². The van der Waals surface area contributed by atoms with Gasteiger partial charge in [-0.25, -0.2) is 0 Å². The molecule has 3 atom stereocenters.